The number of nitrogens with zero attached hydrogens (tertiary/aromatic N) is 1. The van der Waals surface area contributed by atoms with Crippen molar-refractivity contribution in [1.29, 1.82) is 0 Å². The van der Waals surface area contributed by atoms with Crippen LogP contribution in [0.1, 0.15) is 37.7 Å². The summed E-state index contributed by atoms with van der Waals surface area (Å²) in [6, 6.07) is 8.66. The number of rotatable bonds is 9. The molecule has 5 nitrogen and oxygen atoms in total. The van der Waals surface area contributed by atoms with Crippen molar-refractivity contribution in [3.8, 4) is 17.5 Å². The van der Waals surface area contributed by atoms with Gasteiger partial charge in [-0.15, -0.1) is 0 Å². The molecule has 138 valence electrons. The number of hydrogen-bond donors (Lipinski definition) is 1. The average Bonchev–Trinajstić information content (AvgIpc) is 2.63. The van der Waals surface area contributed by atoms with Crippen molar-refractivity contribution < 1.29 is 4.74 Å². The van der Waals surface area contributed by atoms with Crippen LogP contribution in [0, 0.1) is 11.8 Å². The Labute approximate surface area is 166 Å². The molecule has 1 heterocycles. The van der Waals surface area contributed by atoms with E-state index in [1.807, 2.05) is 18.2 Å². The first-order valence-electron chi connectivity index (χ1n) is 8.76. The monoisotopic (exact) mass is 466 g/mol. The van der Waals surface area contributed by atoms with Crippen LogP contribution >= 0.6 is 22.6 Å². The molecule has 6 heteroatoms. The minimum atomic E-state index is -0.463. The van der Waals surface area contributed by atoms with Gasteiger partial charge in [0.2, 0.25) is 0 Å². The second kappa shape index (κ2) is 11.7. The zero-order valence-corrected chi connectivity index (χ0v) is 16.8. The first-order valence-corrected chi connectivity index (χ1v) is 10.3. The van der Waals surface area contributed by atoms with Crippen LogP contribution in [0.3, 0.4) is 0 Å². The smallest absolute Gasteiger partial charge is 0.332 e. The number of unbranched alkanes of at least 4 members (excludes halogenated alkanes) is 3. The maximum absolute atomic E-state index is 11.8. The molecule has 0 saturated heterocycles. The van der Waals surface area contributed by atoms with Gasteiger partial charge < -0.3 is 4.74 Å². The Kier molecular flexibility index (Phi) is 9.21. The van der Waals surface area contributed by atoms with Crippen LogP contribution in [0.4, 0.5) is 0 Å². The normalized spacial score (nSPS) is 10.3. The van der Waals surface area contributed by atoms with Crippen LogP contribution in [-0.2, 0) is 4.74 Å². The summed E-state index contributed by atoms with van der Waals surface area (Å²) in [6.07, 6.45) is 7.04. The number of aromatic nitrogens is 2. The van der Waals surface area contributed by atoms with E-state index in [0.29, 0.717) is 18.7 Å². The van der Waals surface area contributed by atoms with Gasteiger partial charge in [0.25, 0.3) is 5.56 Å². The Morgan fingerprint density at radius 2 is 1.92 bits per heavy atom. The maximum Gasteiger partial charge on any atom is 0.332 e. The Morgan fingerprint density at radius 3 is 2.73 bits per heavy atom. The second-order valence-electron chi connectivity index (χ2n) is 5.80. The minimum absolute atomic E-state index is 0.410. The number of H-pyrrole nitrogens is 1. The summed E-state index contributed by atoms with van der Waals surface area (Å²) in [5.74, 6) is 6.18. The summed E-state index contributed by atoms with van der Waals surface area (Å²) >= 11 is 2.41. The molecule has 1 aromatic heterocycles. The molecular formula is C20H23IN2O3. The van der Waals surface area contributed by atoms with Gasteiger partial charge >= 0.3 is 5.69 Å². The van der Waals surface area contributed by atoms with Gasteiger partial charge in [0.1, 0.15) is 0 Å². The van der Waals surface area contributed by atoms with E-state index in [0.717, 1.165) is 18.6 Å². The van der Waals surface area contributed by atoms with Crippen LogP contribution in [0.2, 0.25) is 0 Å². The fourth-order valence-electron chi connectivity index (χ4n) is 2.40. The highest BCUT2D eigenvalue weighted by Crippen LogP contribution is 2.07. The van der Waals surface area contributed by atoms with E-state index in [1.54, 1.807) is 6.07 Å². The lowest BCUT2D eigenvalue weighted by Crippen LogP contribution is -2.27. The molecule has 0 atom stereocenters. The fourth-order valence-corrected chi connectivity index (χ4v) is 2.94. The Balaban J connectivity index is 1.81. The lowest BCUT2D eigenvalue weighted by atomic mass is 10.2. The van der Waals surface area contributed by atoms with Crippen molar-refractivity contribution in [3.05, 3.63) is 62.9 Å². The summed E-state index contributed by atoms with van der Waals surface area (Å²) in [5, 5.41) is 0. The third-order valence-corrected chi connectivity index (χ3v) is 4.49. The first-order chi connectivity index (χ1) is 12.7. The van der Waals surface area contributed by atoms with Gasteiger partial charge in [0.15, 0.2) is 0 Å². The lowest BCUT2D eigenvalue weighted by Gasteiger charge is -2.04. The van der Waals surface area contributed by atoms with Crippen molar-refractivity contribution in [2.75, 3.05) is 17.6 Å². The van der Waals surface area contributed by atoms with Gasteiger partial charge in [-0.3, -0.25) is 14.3 Å². The number of hydrogen-bond acceptors (Lipinski definition) is 3. The van der Waals surface area contributed by atoms with E-state index >= 15 is 0 Å². The van der Waals surface area contributed by atoms with Gasteiger partial charge in [-0.1, -0.05) is 53.3 Å². The van der Waals surface area contributed by atoms with Gasteiger partial charge in [-0.2, -0.15) is 0 Å². The molecule has 0 aliphatic heterocycles. The van der Waals surface area contributed by atoms with Gasteiger partial charge in [0.05, 0.1) is 12.3 Å². The molecule has 1 aromatic carbocycles. The van der Waals surface area contributed by atoms with Crippen molar-refractivity contribution in [1.82, 2.24) is 9.55 Å². The standard InChI is InChI=1S/C20H23IN2O3/c21-12-4-1-2-5-14-26-15-6-3-8-17-9-7-10-18(16-17)23-13-11-19(24)22-20(23)25/h7,9-11,13,16H,1-2,4-6,12,14-15H2,(H,22,24,25). The topological polar surface area (TPSA) is 64.1 Å². The third-order valence-electron chi connectivity index (χ3n) is 3.72. The molecule has 0 radical (unpaired) electrons. The van der Waals surface area contributed by atoms with Crippen molar-refractivity contribution in [2.24, 2.45) is 0 Å². The number of nitrogens with one attached hydrogen (secondary N) is 1. The van der Waals surface area contributed by atoms with Crippen LogP contribution < -0.4 is 11.2 Å². The number of ether oxygens (including phenoxy) is 1. The summed E-state index contributed by atoms with van der Waals surface area (Å²) in [7, 11) is 0. The highest BCUT2D eigenvalue weighted by Gasteiger charge is 2.00. The molecule has 0 spiro atoms. The molecule has 2 aromatic rings. The summed E-state index contributed by atoms with van der Waals surface area (Å²) < 4.78 is 8.20. The number of benzene rings is 1. The molecule has 0 aliphatic carbocycles. The van der Waals surface area contributed by atoms with Gasteiger partial charge in [-0.05, 0) is 35.5 Å². The molecule has 0 aliphatic rings. The number of halogens is 1. The van der Waals surface area contributed by atoms with Crippen molar-refractivity contribution in [2.45, 2.75) is 32.1 Å². The molecule has 0 bridgehead atoms. The maximum atomic E-state index is 11.8. The van der Waals surface area contributed by atoms with E-state index in [4.69, 9.17) is 4.74 Å². The predicted octanol–water partition coefficient (Wildman–Crippen LogP) is 3.28. The Hall–Kier alpha value is -1.85. The van der Waals surface area contributed by atoms with Gasteiger partial charge in [0, 0.05) is 30.9 Å². The van der Waals surface area contributed by atoms with Gasteiger partial charge in [-0.25, -0.2) is 4.79 Å². The molecular weight excluding hydrogens is 443 g/mol. The zero-order valence-electron chi connectivity index (χ0n) is 14.7. The van der Waals surface area contributed by atoms with Crippen LogP contribution in [-0.4, -0.2) is 27.2 Å². The molecule has 0 saturated carbocycles. The van der Waals surface area contributed by atoms with E-state index in [2.05, 4.69) is 39.4 Å². The Bertz CT molecular complexity index is 861. The average molecular weight is 466 g/mol. The summed E-state index contributed by atoms with van der Waals surface area (Å²) in [4.78, 5) is 25.2. The van der Waals surface area contributed by atoms with E-state index < -0.39 is 11.2 Å². The molecule has 26 heavy (non-hydrogen) atoms. The first kappa shape index (κ1) is 20.5. The summed E-state index contributed by atoms with van der Waals surface area (Å²) in [6.45, 7) is 1.44. The fraction of sp³-hybridized carbons (Fsp3) is 0.400. The predicted molar refractivity (Wildman–Crippen MR) is 112 cm³/mol. The third kappa shape index (κ3) is 7.18. The molecule has 0 fully saturated rings. The number of aromatic amines is 1. The largest absolute Gasteiger partial charge is 0.380 e. The van der Waals surface area contributed by atoms with Crippen LogP contribution in [0.25, 0.3) is 5.69 Å². The molecule has 1 N–H and O–H groups in total. The van der Waals surface area contributed by atoms with Crippen molar-refractivity contribution in [3.63, 3.8) is 0 Å². The SMILES string of the molecule is O=c1ccn(-c2cccc(C#CCCOCCCCCCI)c2)c(=O)[nH]1. The lowest BCUT2D eigenvalue weighted by molar-refractivity contribution is 0.135. The Morgan fingerprint density at radius 1 is 1.08 bits per heavy atom. The zero-order chi connectivity index (χ0) is 18.6. The van der Waals surface area contributed by atoms with E-state index in [-0.39, 0.29) is 0 Å². The van der Waals surface area contributed by atoms with Crippen molar-refractivity contribution >= 4 is 22.6 Å². The minimum Gasteiger partial charge on any atom is -0.380 e. The van der Waals surface area contributed by atoms with E-state index in [9.17, 15) is 9.59 Å². The van der Waals surface area contributed by atoms with Crippen LogP contribution in [0.15, 0.2) is 46.1 Å². The highest BCUT2D eigenvalue weighted by molar-refractivity contribution is 14.1. The molecule has 0 unspecified atom stereocenters. The number of alkyl halides is 1. The quantitative estimate of drug-likeness (QED) is 0.267. The summed E-state index contributed by atoms with van der Waals surface area (Å²) in [5.41, 5.74) is 0.613. The van der Waals surface area contributed by atoms with E-state index in [1.165, 1.54) is 40.5 Å². The second-order valence-corrected chi connectivity index (χ2v) is 6.88. The highest BCUT2D eigenvalue weighted by atomic mass is 127. The van der Waals surface area contributed by atoms with Crippen LogP contribution in [0.5, 0.6) is 0 Å². The molecule has 0 amide bonds. The molecule has 2 rings (SSSR count).